The van der Waals surface area contributed by atoms with E-state index >= 15 is 0 Å². The Morgan fingerprint density at radius 3 is 2.42 bits per heavy atom. The van der Waals surface area contributed by atoms with Crippen LogP contribution in [0, 0.1) is 5.82 Å². The largest absolute Gasteiger partial charge is 0.489 e. The molecule has 4 rings (SSSR count). The quantitative estimate of drug-likeness (QED) is 0.384. The Balaban J connectivity index is 1.57. The van der Waals surface area contributed by atoms with Gasteiger partial charge in [-0.05, 0) is 57.4 Å². The SMILES string of the molecule is Fc1ccc(Cn2cc(Br)c3cc(OCc4ccccc4)ccc32)cc1. The van der Waals surface area contributed by atoms with Crippen molar-refractivity contribution < 1.29 is 9.13 Å². The first-order chi connectivity index (χ1) is 12.7. The Morgan fingerprint density at radius 2 is 1.65 bits per heavy atom. The molecule has 0 N–H and O–H groups in total. The maximum absolute atomic E-state index is 13.1. The smallest absolute Gasteiger partial charge is 0.123 e. The highest BCUT2D eigenvalue weighted by Gasteiger charge is 2.09. The van der Waals surface area contributed by atoms with Crippen LogP contribution in [0.4, 0.5) is 4.39 Å². The van der Waals surface area contributed by atoms with Crippen molar-refractivity contribution in [2.45, 2.75) is 13.2 Å². The minimum absolute atomic E-state index is 0.215. The molecule has 1 aromatic heterocycles. The summed E-state index contributed by atoms with van der Waals surface area (Å²) < 4.78 is 22.2. The Morgan fingerprint density at radius 1 is 0.885 bits per heavy atom. The van der Waals surface area contributed by atoms with Gasteiger partial charge in [0.05, 0.1) is 0 Å². The highest BCUT2D eigenvalue weighted by molar-refractivity contribution is 9.10. The molecule has 26 heavy (non-hydrogen) atoms. The summed E-state index contributed by atoms with van der Waals surface area (Å²) in [5, 5.41) is 1.10. The van der Waals surface area contributed by atoms with Gasteiger partial charge >= 0.3 is 0 Å². The number of nitrogens with zero attached hydrogens (tertiary/aromatic N) is 1. The molecule has 0 saturated heterocycles. The summed E-state index contributed by atoms with van der Waals surface area (Å²) in [5.41, 5.74) is 3.30. The third-order valence-electron chi connectivity index (χ3n) is 4.32. The molecule has 2 nitrogen and oxygen atoms in total. The molecular formula is C22H17BrFNO. The lowest BCUT2D eigenvalue weighted by atomic mass is 10.2. The van der Waals surface area contributed by atoms with Crippen molar-refractivity contribution in [2.75, 3.05) is 0 Å². The van der Waals surface area contributed by atoms with Crippen LogP contribution in [0.5, 0.6) is 5.75 Å². The zero-order chi connectivity index (χ0) is 17.9. The number of aromatic nitrogens is 1. The van der Waals surface area contributed by atoms with Gasteiger partial charge in [-0.2, -0.15) is 0 Å². The molecule has 0 bridgehead atoms. The number of hydrogen-bond acceptors (Lipinski definition) is 1. The van der Waals surface area contributed by atoms with E-state index in [2.05, 4.69) is 32.8 Å². The molecule has 4 heteroatoms. The molecule has 1 heterocycles. The normalized spacial score (nSPS) is 11.0. The standard InChI is InChI=1S/C22H17BrFNO/c23-21-14-25(13-16-6-8-18(24)9-7-16)22-11-10-19(12-20(21)22)26-15-17-4-2-1-3-5-17/h1-12,14H,13,15H2. The van der Waals surface area contributed by atoms with Crippen LogP contribution in [-0.4, -0.2) is 4.57 Å². The average molecular weight is 410 g/mol. The summed E-state index contributed by atoms with van der Waals surface area (Å²) in [4.78, 5) is 0. The van der Waals surface area contributed by atoms with Crippen molar-refractivity contribution in [2.24, 2.45) is 0 Å². The van der Waals surface area contributed by atoms with Crippen molar-refractivity contribution in [3.05, 3.63) is 100 Å². The van der Waals surface area contributed by atoms with E-state index in [1.165, 1.54) is 12.1 Å². The van der Waals surface area contributed by atoms with Crippen molar-refractivity contribution in [1.29, 1.82) is 0 Å². The van der Waals surface area contributed by atoms with Gasteiger partial charge in [0.25, 0.3) is 0 Å². The van der Waals surface area contributed by atoms with Gasteiger partial charge in [-0.3, -0.25) is 0 Å². The molecule has 0 aliphatic carbocycles. The van der Waals surface area contributed by atoms with Crippen LogP contribution < -0.4 is 4.74 Å². The minimum atomic E-state index is -0.215. The van der Waals surface area contributed by atoms with E-state index in [9.17, 15) is 4.39 Å². The van der Waals surface area contributed by atoms with Crippen LogP contribution in [0.3, 0.4) is 0 Å². The predicted octanol–water partition coefficient (Wildman–Crippen LogP) is 6.17. The maximum Gasteiger partial charge on any atom is 0.123 e. The lowest BCUT2D eigenvalue weighted by Gasteiger charge is -2.08. The van der Waals surface area contributed by atoms with Crippen LogP contribution >= 0.6 is 15.9 Å². The van der Waals surface area contributed by atoms with Crippen LogP contribution in [0.2, 0.25) is 0 Å². The number of halogens is 2. The fraction of sp³-hybridized carbons (Fsp3) is 0.0909. The van der Waals surface area contributed by atoms with Crippen molar-refractivity contribution in [3.8, 4) is 5.75 Å². The van der Waals surface area contributed by atoms with Crippen LogP contribution in [-0.2, 0) is 13.2 Å². The summed E-state index contributed by atoms with van der Waals surface area (Å²) >= 11 is 3.64. The monoisotopic (exact) mass is 409 g/mol. The van der Waals surface area contributed by atoms with Crippen LogP contribution in [0.15, 0.2) is 83.5 Å². The van der Waals surface area contributed by atoms with Gasteiger partial charge in [0, 0.05) is 28.1 Å². The first-order valence-electron chi connectivity index (χ1n) is 8.38. The van der Waals surface area contributed by atoms with Gasteiger partial charge in [-0.25, -0.2) is 4.39 Å². The topological polar surface area (TPSA) is 14.2 Å². The molecule has 0 amide bonds. The second kappa shape index (κ2) is 7.34. The highest BCUT2D eigenvalue weighted by atomic mass is 79.9. The zero-order valence-electron chi connectivity index (χ0n) is 14.0. The number of fused-ring (bicyclic) bond motifs is 1. The van der Waals surface area contributed by atoms with Crippen molar-refractivity contribution in [3.63, 3.8) is 0 Å². The number of rotatable bonds is 5. The number of benzene rings is 3. The van der Waals surface area contributed by atoms with Crippen molar-refractivity contribution in [1.82, 2.24) is 4.57 Å². The first-order valence-corrected chi connectivity index (χ1v) is 9.18. The van der Waals surface area contributed by atoms with Crippen LogP contribution in [0.25, 0.3) is 10.9 Å². The van der Waals surface area contributed by atoms with E-state index in [0.29, 0.717) is 13.2 Å². The van der Waals surface area contributed by atoms with E-state index in [1.54, 1.807) is 0 Å². The Kier molecular flexibility index (Phi) is 4.76. The summed E-state index contributed by atoms with van der Waals surface area (Å²) in [6, 6.07) is 22.8. The number of hydrogen-bond donors (Lipinski definition) is 0. The van der Waals surface area contributed by atoms with Gasteiger partial charge < -0.3 is 9.30 Å². The molecule has 0 aliphatic rings. The van der Waals surface area contributed by atoms with Crippen molar-refractivity contribution >= 4 is 26.8 Å². The molecule has 0 saturated carbocycles. The van der Waals surface area contributed by atoms with E-state index < -0.39 is 0 Å². The van der Waals surface area contributed by atoms with Crippen LogP contribution in [0.1, 0.15) is 11.1 Å². The van der Waals surface area contributed by atoms with E-state index in [1.807, 2.05) is 54.6 Å². The molecule has 4 aromatic rings. The van der Waals surface area contributed by atoms with Gasteiger partial charge in [0.15, 0.2) is 0 Å². The number of ether oxygens (including phenoxy) is 1. The Labute approximate surface area is 160 Å². The molecular weight excluding hydrogens is 393 g/mol. The lowest BCUT2D eigenvalue weighted by molar-refractivity contribution is 0.306. The third kappa shape index (κ3) is 3.65. The van der Waals surface area contributed by atoms with Gasteiger partial charge in [-0.1, -0.05) is 42.5 Å². The average Bonchev–Trinajstić information content (AvgIpc) is 2.98. The molecule has 0 radical (unpaired) electrons. The maximum atomic E-state index is 13.1. The van der Waals surface area contributed by atoms with Gasteiger partial charge in [0.2, 0.25) is 0 Å². The highest BCUT2D eigenvalue weighted by Crippen LogP contribution is 2.30. The summed E-state index contributed by atoms with van der Waals surface area (Å²) in [6.07, 6.45) is 2.05. The Bertz CT molecular complexity index is 1030. The molecule has 0 unspecified atom stereocenters. The molecule has 0 atom stereocenters. The lowest BCUT2D eigenvalue weighted by Crippen LogP contribution is -1.98. The second-order valence-corrected chi connectivity index (χ2v) is 7.04. The summed E-state index contributed by atoms with van der Waals surface area (Å²) in [6.45, 7) is 1.23. The molecule has 0 aliphatic heterocycles. The summed E-state index contributed by atoms with van der Waals surface area (Å²) in [5.74, 6) is 0.620. The van der Waals surface area contributed by atoms with E-state index in [4.69, 9.17) is 4.74 Å². The molecule has 0 fully saturated rings. The Hall–Kier alpha value is -2.59. The van der Waals surface area contributed by atoms with Gasteiger partial charge in [0.1, 0.15) is 18.2 Å². The zero-order valence-corrected chi connectivity index (χ0v) is 15.6. The minimum Gasteiger partial charge on any atom is -0.489 e. The molecule has 0 spiro atoms. The fourth-order valence-electron chi connectivity index (χ4n) is 2.98. The predicted molar refractivity (Wildman–Crippen MR) is 106 cm³/mol. The van der Waals surface area contributed by atoms with E-state index in [-0.39, 0.29) is 5.82 Å². The van der Waals surface area contributed by atoms with Gasteiger partial charge in [-0.15, -0.1) is 0 Å². The molecule has 130 valence electrons. The second-order valence-electron chi connectivity index (χ2n) is 6.18. The fourth-order valence-corrected chi connectivity index (χ4v) is 3.55. The molecule has 3 aromatic carbocycles. The summed E-state index contributed by atoms with van der Waals surface area (Å²) in [7, 11) is 0. The third-order valence-corrected chi connectivity index (χ3v) is 4.95. The van der Waals surface area contributed by atoms with E-state index in [0.717, 1.165) is 32.3 Å². The first kappa shape index (κ1) is 16.9.